The highest BCUT2D eigenvalue weighted by atomic mass is 35.5. The minimum Gasteiger partial charge on any atom is -0.383 e. The van der Waals surface area contributed by atoms with Gasteiger partial charge in [0.15, 0.2) is 10.6 Å². The molecule has 0 aliphatic heterocycles. The third-order valence-electron chi connectivity index (χ3n) is 3.96. The number of hydrogen-bond donors (Lipinski definition) is 2. The fraction of sp³-hybridized carbons (Fsp3) is 0.111. The zero-order valence-corrected chi connectivity index (χ0v) is 14.6. The Morgan fingerprint density at radius 2 is 1.96 bits per heavy atom. The van der Waals surface area contributed by atoms with Crippen molar-refractivity contribution in [3.8, 4) is 11.3 Å². The van der Waals surface area contributed by atoms with Crippen molar-refractivity contribution in [2.45, 2.75) is 12.6 Å². The van der Waals surface area contributed by atoms with Crippen molar-refractivity contribution in [2.24, 2.45) is 0 Å². The fourth-order valence-electron chi connectivity index (χ4n) is 2.68. The van der Waals surface area contributed by atoms with Crippen LogP contribution in [0.3, 0.4) is 0 Å². The van der Waals surface area contributed by atoms with E-state index in [1.165, 1.54) is 11.3 Å². The number of para-hydroxylation sites is 1. The zero-order valence-electron chi connectivity index (χ0n) is 13.0. The number of rotatable bonds is 4. The maximum absolute atomic E-state index is 10.5. The number of aliphatic hydroxyl groups excluding tert-OH is 1. The molecule has 7 heteroatoms. The summed E-state index contributed by atoms with van der Waals surface area (Å²) in [6.45, 7) is 0.234. The zero-order chi connectivity index (χ0) is 17.4. The minimum absolute atomic E-state index is 0.234. The number of benzene rings is 2. The van der Waals surface area contributed by atoms with Crippen LogP contribution in [0.2, 0.25) is 5.02 Å². The normalized spacial score (nSPS) is 12.6. The largest absolute Gasteiger partial charge is 0.383 e. The van der Waals surface area contributed by atoms with Crippen molar-refractivity contribution in [2.75, 3.05) is 0 Å². The van der Waals surface area contributed by atoms with Gasteiger partial charge >= 0.3 is 0 Å². The number of aromatic nitrogens is 2. The Labute approximate surface area is 152 Å². The van der Waals surface area contributed by atoms with E-state index in [9.17, 15) is 5.11 Å². The molecule has 0 spiro atoms. The van der Waals surface area contributed by atoms with Gasteiger partial charge in [-0.15, -0.1) is 0 Å². The van der Waals surface area contributed by atoms with E-state index in [1.807, 2.05) is 36.4 Å². The number of nitrogens with zero attached hydrogens (tertiary/aromatic N) is 2. The quantitative estimate of drug-likeness (QED) is 0.563. The number of thiazole rings is 1. The van der Waals surface area contributed by atoms with Crippen molar-refractivity contribution >= 4 is 33.2 Å². The first-order valence-electron chi connectivity index (χ1n) is 7.65. The van der Waals surface area contributed by atoms with E-state index in [1.54, 1.807) is 22.8 Å². The van der Waals surface area contributed by atoms with Crippen molar-refractivity contribution in [1.29, 1.82) is 5.41 Å². The van der Waals surface area contributed by atoms with Crippen LogP contribution in [0.25, 0.3) is 21.5 Å². The van der Waals surface area contributed by atoms with Gasteiger partial charge in [0.1, 0.15) is 11.8 Å². The van der Waals surface area contributed by atoms with E-state index in [4.69, 9.17) is 21.5 Å². The van der Waals surface area contributed by atoms with Crippen molar-refractivity contribution in [3.05, 3.63) is 70.2 Å². The molecule has 126 valence electrons. The van der Waals surface area contributed by atoms with E-state index < -0.39 is 6.10 Å². The molecule has 25 heavy (non-hydrogen) atoms. The summed E-state index contributed by atoms with van der Waals surface area (Å²) in [6, 6.07) is 16.7. The van der Waals surface area contributed by atoms with Gasteiger partial charge in [0.25, 0.3) is 0 Å². The first-order chi connectivity index (χ1) is 12.1. The minimum atomic E-state index is -0.888. The smallest absolute Gasteiger partial charge is 0.183 e. The number of halogens is 1. The van der Waals surface area contributed by atoms with E-state index in [2.05, 4.69) is 5.16 Å². The van der Waals surface area contributed by atoms with Crippen LogP contribution in [0.5, 0.6) is 0 Å². The molecule has 0 bridgehead atoms. The Kier molecular flexibility index (Phi) is 4.17. The summed E-state index contributed by atoms with van der Waals surface area (Å²) in [4.78, 5) is 0.387. The number of hydrogen-bond acceptors (Lipinski definition) is 5. The van der Waals surface area contributed by atoms with E-state index in [-0.39, 0.29) is 6.54 Å². The summed E-state index contributed by atoms with van der Waals surface area (Å²) >= 11 is 7.27. The van der Waals surface area contributed by atoms with Crippen LogP contribution in [0.4, 0.5) is 0 Å². The third-order valence-corrected chi connectivity index (χ3v) is 5.19. The first-order valence-corrected chi connectivity index (χ1v) is 8.85. The van der Waals surface area contributed by atoms with Gasteiger partial charge in [0.05, 0.1) is 16.8 Å². The van der Waals surface area contributed by atoms with E-state index in [0.29, 0.717) is 21.3 Å². The molecule has 0 saturated heterocycles. The predicted octanol–water partition coefficient (Wildman–Crippen LogP) is 4.22. The molecule has 0 aliphatic carbocycles. The lowest BCUT2D eigenvalue weighted by Crippen LogP contribution is -2.17. The molecule has 0 amide bonds. The van der Waals surface area contributed by atoms with Crippen molar-refractivity contribution < 1.29 is 9.63 Å². The van der Waals surface area contributed by atoms with Gasteiger partial charge in [0, 0.05) is 16.7 Å². The molecule has 4 rings (SSSR count). The Morgan fingerprint density at radius 3 is 2.76 bits per heavy atom. The molecule has 1 unspecified atom stereocenters. The Morgan fingerprint density at radius 1 is 1.20 bits per heavy atom. The Balaban J connectivity index is 1.61. The van der Waals surface area contributed by atoms with Crippen LogP contribution in [-0.4, -0.2) is 14.8 Å². The lowest BCUT2D eigenvalue weighted by Gasteiger charge is -2.09. The maximum Gasteiger partial charge on any atom is 0.183 e. The van der Waals surface area contributed by atoms with Gasteiger partial charge in [0.2, 0.25) is 0 Å². The second kappa shape index (κ2) is 6.48. The lowest BCUT2D eigenvalue weighted by molar-refractivity contribution is 0.122. The van der Waals surface area contributed by atoms with Crippen LogP contribution < -0.4 is 4.80 Å². The predicted molar refractivity (Wildman–Crippen MR) is 97.6 cm³/mol. The van der Waals surface area contributed by atoms with Crippen molar-refractivity contribution in [1.82, 2.24) is 9.72 Å². The maximum atomic E-state index is 10.5. The monoisotopic (exact) mass is 371 g/mol. The van der Waals surface area contributed by atoms with Crippen LogP contribution in [0, 0.1) is 5.41 Å². The SMILES string of the molecule is N=c1sc2ccccc2n1CC(O)c1cc(-c2ccc(Cl)cc2)no1. The summed E-state index contributed by atoms with van der Waals surface area (Å²) in [7, 11) is 0. The topological polar surface area (TPSA) is 75.0 Å². The second-order valence-corrected chi connectivity index (χ2v) is 7.09. The number of fused-ring (bicyclic) bond motifs is 1. The first kappa shape index (κ1) is 16.1. The van der Waals surface area contributed by atoms with Gasteiger partial charge in [-0.1, -0.05) is 52.4 Å². The standard InChI is InChI=1S/C18H14ClN3O2S/c19-12-7-5-11(6-8-12)13-9-16(24-21-13)15(23)10-22-14-3-1-2-4-17(14)25-18(22)20/h1-9,15,20,23H,10H2. The van der Waals surface area contributed by atoms with Crippen LogP contribution in [0.15, 0.2) is 59.1 Å². The van der Waals surface area contributed by atoms with Crippen LogP contribution in [-0.2, 0) is 6.54 Å². The van der Waals surface area contributed by atoms with Gasteiger partial charge in [-0.2, -0.15) is 0 Å². The molecule has 0 radical (unpaired) electrons. The van der Waals surface area contributed by atoms with E-state index >= 15 is 0 Å². The molecule has 2 heterocycles. The van der Waals surface area contributed by atoms with Gasteiger partial charge in [-0.25, -0.2) is 0 Å². The summed E-state index contributed by atoms with van der Waals surface area (Å²) < 4.78 is 8.09. The average Bonchev–Trinajstić information content (AvgIpc) is 3.21. The number of nitrogens with one attached hydrogen (secondary N) is 1. The molecular formula is C18H14ClN3O2S. The molecule has 2 N–H and O–H groups in total. The highest BCUT2D eigenvalue weighted by Crippen LogP contribution is 2.25. The van der Waals surface area contributed by atoms with Crippen LogP contribution in [0.1, 0.15) is 11.9 Å². The molecule has 0 saturated carbocycles. The molecule has 0 fully saturated rings. The summed E-state index contributed by atoms with van der Waals surface area (Å²) in [5.41, 5.74) is 2.42. The molecule has 2 aromatic carbocycles. The van der Waals surface area contributed by atoms with Crippen LogP contribution >= 0.6 is 22.9 Å². The van der Waals surface area contributed by atoms with Crippen molar-refractivity contribution in [3.63, 3.8) is 0 Å². The fourth-order valence-corrected chi connectivity index (χ4v) is 3.73. The van der Waals surface area contributed by atoms with Gasteiger partial charge in [-0.05, 0) is 24.3 Å². The molecule has 0 aliphatic rings. The summed E-state index contributed by atoms with van der Waals surface area (Å²) in [5, 5.41) is 23.3. The highest BCUT2D eigenvalue weighted by molar-refractivity contribution is 7.16. The lowest BCUT2D eigenvalue weighted by atomic mass is 10.1. The van der Waals surface area contributed by atoms with Gasteiger partial charge in [-0.3, -0.25) is 5.41 Å². The average molecular weight is 372 g/mol. The Bertz CT molecular complexity index is 1080. The van der Waals surface area contributed by atoms with E-state index in [0.717, 1.165) is 15.8 Å². The Hall–Kier alpha value is -2.41. The number of aliphatic hydroxyl groups is 1. The second-order valence-electron chi connectivity index (χ2n) is 5.62. The molecule has 4 aromatic rings. The molecular weight excluding hydrogens is 358 g/mol. The molecule has 1 atom stereocenters. The third kappa shape index (κ3) is 3.11. The summed E-state index contributed by atoms with van der Waals surface area (Å²) in [6.07, 6.45) is -0.888. The molecule has 2 aromatic heterocycles. The summed E-state index contributed by atoms with van der Waals surface area (Å²) in [5.74, 6) is 0.368. The highest BCUT2D eigenvalue weighted by Gasteiger charge is 2.17. The van der Waals surface area contributed by atoms with Gasteiger partial charge < -0.3 is 14.2 Å². The molecule has 5 nitrogen and oxygen atoms in total.